The highest BCUT2D eigenvalue weighted by molar-refractivity contribution is 6.17. The van der Waals surface area contributed by atoms with Gasteiger partial charge in [0.05, 0.1) is 30.3 Å². The number of alkyl carbamates (subject to hydrolysis) is 1. The maximum absolute atomic E-state index is 14.2. The molecule has 0 fully saturated rings. The van der Waals surface area contributed by atoms with E-state index >= 15 is 0 Å². The number of anilines is 1. The van der Waals surface area contributed by atoms with Gasteiger partial charge in [0.2, 0.25) is 23.6 Å². The van der Waals surface area contributed by atoms with Crippen LogP contribution in [0.1, 0.15) is 58.4 Å². The van der Waals surface area contributed by atoms with Gasteiger partial charge in [-0.25, -0.2) is 4.79 Å². The number of aliphatic hydroxyl groups excluding tert-OH is 1. The van der Waals surface area contributed by atoms with Crippen LogP contribution in [0.2, 0.25) is 0 Å². The summed E-state index contributed by atoms with van der Waals surface area (Å²) in [7, 11) is 0. The van der Waals surface area contributed by atoms with Gasteiger partial charge >= 0.3 is 6.09 Å². The number of benzene rings is 3. The lowest BCUT2D eigenvalue weighted by molar-refractivity contribution is -0.131. The number of nitrogens with two attached hydrogens (primary N) is 1. The van der Waals surface area contributed by atoms with Crippen molar-refractivity contribution in [3.63, 3.8) is 0 Å². The molecule has 1 aliphatic rings. The fraction of sp³-hybridized carbons (Fsp3) is 0.410. The average molecular weight is 764 g/mol. The summed E-state index contributed by atoms with van der Waals surface area (Å²) in [6.07, 6.45) is -0.267. The number of carbonyl (C=O) groups is 5. The first kappa shape index (κ1) is 41.6. The lowest BCUT2D eigenvalue weighted by Gasteiger charge is -2.30. The van der Waals surface area contributed by atoms with Crippen molar-refractivity contribution in [2.75, 3.05) is 17.4 Å². The standard InChI is InChI=1S/C39H50ClN7O7/c1-25(2)19-31(34(48)21-36(50)45-44-35(49)17-10-18-40)42-37(51)32(43-39(53)54-23-27-11-5-4-6-12-27)20-29-22-46(38(52)26(3)41)24-47(29)33-16-9-14-28-13-7-8-15-30(28)33/h4-9,11-16,22,25-26,31-32,34,48H,10,17-21,23-24,41H2,1-3H3,(H,42,51)(H,43,53)(H,44,49)(H,45,50)/t26-,31-,32-,34-/m0/s1. The third-order valence-corrected chi connectivity index (χ3v) is 8.97. The lowest BCUT2D eigenvalue weighted by Crippen LogP contribution is -2.54. The summed E-state index contributed by atoms with van der Waals surface area (Å²) in [5.74, 6) is -1.80. The van der Waals surface area contributed by atoms with E-state index in [0.29, 0.717) is 18.0 Å². The number of alkyl halides is 1. The van der Waals surface area contributed by atoms with Crippen LogP contribution in [0.3, 0.4) is 0 Å². The van der Waals surface area contributed by atoms with Crippen LogP contribution in [0.4, 0.5) is 10.5 Å². The van der Waals surface area contributed by atoms with Gasteiger partial charge in [0.15, 0.2) is 0 Å². The van der Waals surface area contributed by atoms with Crippen LogP contribution >= 0.6 is 11.6 Å². The van der Waals surface area contributed by atoms with Crippen LogP contribution in [-0.2, 0) is 30.5 Å². The topological polar surface area (TPSA) is 195 Å². The number of hydrogen-bond acceptors (Lipinski definition) is 9. The normalized spacial score (nSPS) is 14.8. The monoisotopic (exact) mass is 763 g/mol. The molecule has 0 saturated heterocycles. The second-order valence-electron chi connectivity index (χ2n) is 13.7. The summed E-state index contributed by atoms with van der Waals surface area (Å²) in [5, 5.41) is 18.6. The molecule has 4 atom stereocenters. The van der Waals surface area contributed by atoms with Crippen LogP contribution < -0.4 is 32.1 Å². The van der Waals surface area contributed by atoms with Gasteiger partial charge in [0.1, 0.15) is 19.3 Å². The highest BCUT2D eigenvalue weighted by Crippen LogP contribution is 2.34. The van der Waals surface area contributed by atoms with Crippen LogP contribution in [0.15, 0.2) is 84.7 Å². The van der Waals surface area contributed by atoms with E-state index in [1.54, 1.807) is 25.3 Å². The van der Waals surface area contributed by atoms with Gasteiger partial charge in [-0.3, -0.25) is 34.9 Å². The van der Waals surface area contributed by atoms with Gasteiger partial charge in [-0.15, -0.1) is 11.6 Å². The summed E-state index contributed by atoms with van der Waals surface area (Å²) in [4.78, 5) is 68.6. The third kappa shape index (κ3) is 12.2. The Kier molecular flexibility index (Phi) is 15.6. The van der Waals surface area contributed by atoms with Crippen molar-refractivity contribution in [1.29, 1.82) is 0 Å². The summed E-state index contributed by atoms with van der Waals surface area (Å²) < 4.78 is 5.49. The van der Waals surface area contributed by atoms with Crippen LogP contribution in [-0.4, -0.2) is 76.5 Å². The van der Waals surface area contributed by atoms with E-state index in [9.17, 15) is 29.1 Å². The first-order valence-electron chi connectivity index (χ1n) is 18.0. The maximum atomic E-state index is 14.2. The zero-order valence-corrected chi connectivity index (χ0v) is 31.6. The molecule has 1 aliphatic heterocycles. The van der Waals surface area contributed by atoms with Crippen LogP contribution in [0.5, 0.6) is 0 Å². The van der Waals surface area contributed by atoms with Gasteiger partial charge in [-0.1, -0.05) is 80.6 Å². The highest BCUT2D eigenvalue weighted by atomic mass is 35.5. The Morgan fingerprint density at radius 1 is 0.907 bits per heavy atom. The van der Waals surface area contributed by atoms with E-state index in [-0.39, 0.29) is 44.4 Å². The van der Waals surface area contributed by atoms with Crippen molar-refractivity contribution in [1.82, 2.24) is 26.4 Å². The fourth-order valence-electron chi connectivity index (χ4n) is 6.01. The smallest absolute Gasteiger partial charge is 0.408 e. The second kappa shape index (κ2) is 20.3. The SMILES string of the molecule is CC(C)C[C@H](NC(=O)[C@H](CC1=CN(C(=O)[C@H](C)N)CN1c1cccc2ccccc12)NC(=O)OCc1ccccc1)[C@@H](O)CC(=O)NNC(=O)CCCCl. The summed E-state index contributed by atoms with van der Waals surface area (Å²) in [6, 6.07) is 19.6. The summed E-state index contributed by atoms with van der Waals surface area (Å²) >= 11 is 5.63. The predicted octanol–water partition coefficient (Wildman–Crippen LogP) is 3.77. The Bertz CT molecular complexity index is 1780. The number of amides is 5. The number of rotatable bonds is 17. The Morgan fingerprint density at radius 3 is 2.30 bits per heavy atom. The van der Waals surface area contributed by atoms with Gasteiger partial charge in [0.25, 0.3) is 0 Å². The third-order valence-electron chi connectivity index (χ3n) is 8.70. The molecule has 14 nitrogen and oxygen atoms in total. The van der Waals surface area contributed by atoms with Crippen LogP contribution in [0, 0.1) is 5.92 Å². The number of nitrogens with zero attached hydrogens (tertiary/aromatic N) is 2. The van der Waals surface area contributed by atoms with Crippen LogP contribution in [0.25, 0.3) is 10.8 Å². The van der Waals surface area contributed by atoms with Crippen molar-refractivity contribution in [3.05, 3.63) is 90.3 Å². The number of ether oxygens (including phenoxy) is 1. The number of hydrogen-bond donors (Lipinski definition) is 6. The second-order valence-corrected chi connectivity index (χ2v) is 14.0. The largest absolute Gasteiger partial charge is 0.445 e. The molecule has 4 rings (SSSR count). The molecule has 7 N–H and O–H groups in total. The predicted molar refractivity (Wildman–Crippen MR) is 206 cm³/mol. The zero-order valence-electron chi connectivity index (χ0n) is 30.8. The number of halogens is 1. The van der Waals surface area contributed by atoms with Crippen molar-refractivity contribution in [2.45, 2.75) is 83.7 Å². The molecule has 54 heavy (non-hydrogen) atoms. The Balaban J connectivity index is 1.60. The number of aliphatic hydroxyl groups is 1. The number of hydrazine groups is 1. The molecule has 3 aromatic carbocycles. The average Bonchev–Trinajstić information content (AvgIpc) is 3.57. The van der Waals surface area contributed by atoms with E-state index in [4.69, 9.17) is 22.1 Å². The molecule has 3 aromatic rings. The van der Waals surface area contributed by atoms with E-state index in [0.717, 1.165) is 22.0 Å². The minimum atomic E-state index is -1.35. The first-order chi connectivity index (χ1) is 25.9. The molecule has 290 valence electrons. The molecular weight excluding hydrogens is 714 g/mol. The summed E-state index contributed by atoms with van der Waals surface area (Å²) in [6.45, 7) is 5.45. The molecule has 0 saturated carbocycles. The Morgan fingerprint density at radius 2 is 1.59 bits per heavy atom. The Labute approximate surface area is 320 Å². The molecule has 5 amide bonds. The number of fused-ring (bicyclic) bond motifs is 1. The summed E-state index contributed by atoms with van der Waals surface area (Å²) in [5.41, 5.74) is 12.6. The first-order valence-corrected chi connectivity index (χ1v) is 18.5. The van der Waals surface area contributed by atoms with E-state index in [1.165, 1.54) is 4.90 Å². The van der Waals surface area contributed by atoms with Gasteiger partial charge in [-0.2, -0.15) is 0 Å². The maximum Gasteiger partial charge on any atom is 0.408 e. The quantitative estimate of drug-likeness (QED) is 0.0877. The van der Waals surface area contributed by atoms with Gasteiger partial charge < -0.3 is 31.1 Å². The number of carbonyl (C=O) groups excluding carboxylic acids is 5. The molecule has 15 heteroatoms. The minimum absolute atomic E-state index is 0.0114. The van der Waals surface area contributed by atoms with Crippen molar-refractivity contribution in [2.24, 2.45) is 11.7 Å². The minimum Gasteiger partial charge on any atom is -0.445 e. The fourth-order valence-corrected chi connectivity index (χ4v) is 6.14. The zero-order chi connectivity index (χ0) is 39.2. The molecule has 0 spiro atoms. The molecule has 0 unspecified atom stereocenters. The highest BCUT2D eigenvalue weighted by Gasteiger charge is 2.34. The van der Waals surface area contributed by atoms with Crippen molar-refractivity contribution < 1.29 is 33.8 Å². The number of nitrogens with one attached hydrogen (secondary N) is 4. The van der Waals surface area contributed by atoms with Gasteiger partial charge in [-0.05, 0) is 42.7 Å². The van der Waals surface area contributed by atoms with Gasteiger partial charge in [0, 0.05) is 36.0 Å². The molecule has 0 aliphatic carbocycles. The van der Waals surface area contributed by atoms with Crippen molar-refractivity contribution in [3.8, 4) is 0 Å². The van der Waals surface area contributed by atoms with E-state index < -0.39 is 54.5 Å². The van der Waals surface area contributed by atoms with Crippen molar-refractivity contribution >= 4 is 57.8 Å². The molecule has 0 bridgehead atoms. The molecule has 0 radical (unpaired) electrons. The Hall–Kier alpha value is -5.18. The molecular formula is C39H50ClN7O7. The van der Waals surface area contributed by atoms with E-state index in [1.807, 2.05) is 79.4 Å². The van der Waals surface area contributed by atoms with E-state index in [2.05, 4.69) is 21.5 Å². The lowest BCUT2D eigenvalue weighted by atomic mass is 9.96. The molecule has 0 aromatic heterocycles. The molecule has 1 heterocycles.